The SMILES string of the molecule is CCCCN1C(=O)N[C@H](c2cccc(NC(=O)CC)c2)C(C(=O)OCCOC)=C1C. The summed E-state index contributed by atoms with van der Waals surface area (Å²) in [4.78, 5) is 39.0. The lowest BCUT2D eigenvalue weighted by Crippen LogP contribution is -2.48. The van der Waals surface area contributed by atoms with E-state index in [0.29, 0.717) is 35.5 Å². The number of hydrogen-bond donors (Lipinski definition) is 2. The van der Waals surface area contributed by atoms with Crippen molar-refractivity contribution in [3.63, 3.8) is 0 Å². The van der Waals surface area contributed by atoms with E-state index in [9.17, 15) is 14.4 Å². The fraction of sp³-hybridized carbons (Fsp3) is 0.500. The number of anilines is 1. The summed E-state index contributed by atoms with van der Waals surface area (Å²) >= 11 is 0. The second kappa shape index (κ2) is 11.3. The Bertz CT molecular complexity index is 806. The number of carbonyl (C=O) groups excluding carboxylic acids is 3. The number of hydrogen-bond acceptors (Lipinski definition) is 5. The molecule has 0 bridgehead atoms. The van der Waals surface area contributed by atoms with Gasteiger partial charge in [-0.1, -0.05) is 32.4 Å². The van der Waals surface area contributed by atoms with E-state index >= 15 is 0 Å². The molecule has 2 N–H and O–H groups in total. The van der Waals surface area contributed by atoms with Crippen molar-refractivity contribution in [2.75, 3.05) is 32.2 Å². The van der Waals surface area contributed by atoms with Crippen molar-refractivity contribution in [2.24, 2.45) is 0 Å². The molecular formula is C22H31N3O5. The number of allylic oxidation sites excluding steroid dienone is 1. The second-order valence-corrected chi connectivity index (χ2v) is 7.04. The van der Waals surface area contributed by atoms with Gasteiger partial charge in [-0.15, -0.1) is 0 Å². The van der Waals surface area contributed by atoms with Crippen LogP contribution in [-0.2, 0) is 19.1 Å². The smallest absolute Gasteiger partial charge is 0.338 e. The Balaban J connectivity index is 2.41. The number of nitrogens with zero attached hydrogens (tertiary/aromatic N) is 1. The Morgan fingerprint density at radius 1 is 1.23 bits per heavy atom. The maximum absolute atomic E-state index is 12.9. The molecule has 1 aromatic carbocycles. The number of benzene rings is 1. The molecule has 1 heterocycles. The molecule has 1 aliphatic rings. The highest BCUT2D eigenvalue weighted by molar-refractivity contribution is 5.95. The maximum Gasteiger partial charge on any atom is 0.338 e. The van der Waals surface area contributed by atoms with Gasteiger partial charge >= 0.3 is 12.0 Å². The van der Waals surface area contributed by atoms with Gasteiger partial charge in [0.1, 0.15) is 6.61 Å². The first-order valence-electron chi connectivity index (χ1n) is 10.3. The van der Waals surface area contributed by atoms with Gasteiger partial charge in [-0.05, 0) is 31.0 Å². The Morgan fingerprint density at radius 3 is 2.67 bits per heavy atom. The van der Waals surface area contributed by atoms with Crippen molar-refractivity contribution in [1.82, 2.24) is 10.2 Å². The molecule has 1 atom stereocenters. The Labute approximate surface area is 177 Å². The molecule has 8 heteroatoms. The molecule has 30 heavy (non-hydrogen) atoms. The van der Waals surface area contributed by atoms with E-state index in [1.165, 1.54) is 7.11 Å². The van der Waals surface area contributed by atoms with Crippen molar-refractivity contribution in [3.8, 4) is 0 Å². The van der Waals surface area contributed by atoms with Crippen LogP contribution < -0.4 is 10.6 Å². The van der Waals surface area contributed by atoms with E-state index in [1.54, 1.807) is 36.9 Å². The molecule has 0 aromatic heterocycles. The van der Waals surface area contributed by atoms with Gasteiger partial charge in [0.15, 0.2) is 0 Å². The van der Waals surface area contributed by atoms with Gasteiger partial charge in [-0.25, -0.2) is 9.59 Å². The third kappa shape index (κ3) is 5.82. The molecule has 164 valence electrons. The van der Waals surface area contributed by atoms with E-state index in [4.69, 9.17) is 9.47 Å². The minimum atomic E-state index is -0.677. The number of unbranched alkanes of at least 4 members (excludes halogenated alkanes) is 1. The molecule has 0 saturated heterocycles. The minimum absolute atomic E-state index is 0.114. The molecule has 2 rings (SSSR count). The van der Waals surface area contributed by atoms with Crippen LogP contribution in [0.1, 0.15) is 51.6 Å². The van der Waals surface area contributed by atoms with Crippen molar-refractivity contribution < 1.29 is 23.9 Å². The zero-order valence-corrected chi connectivity index (χ0v) is 18.1. The van der Waals surface area contributed by atoms with Gasteiger partial charge in [0.05, 0.1) is 18.2 Å². The fourth-order valence-corrected chi connectivity index (χ4v) is 3.22. The number of methoxy groups -OCH3 is 1. The fourth-order valence-electron chi connectivity index (χ4n) is 3.22. The third-order valence-electron chi connectivity index (χ3n) is 4.90. The van der Waals surface area contributed by atoms with Crippen molar-refractivity contribution in [2.45, 2.75) is 46.1 Å². The van der Waals surface area contributed by atoms with E-state index in [0.717, 1.165) is 12.8 Å². The molecule has 8 nitrogen and oxygen atoms in total. The van der Waals surface area contributed by atoms with Crippen LogP contribution in [0.3, 0.4) is 0 Å². The monoisotopic (exact) mass is 417 g/mol. The maximum atomic E-state index is 12.9. The van der Waals surface area contributed by atoms with Gasteiger partial charge < -0.3 is 20.1 Å². The van der Waals surface area contributed by atoms with Crippen molar-refractivity contribution >= 4 is 23.6 Å². The summed E-state index contributed by atoms with van der Waals surface area (Å²) < 4.78 is 10.3. The molecule has 0 radical (unpaired) electrons. The summed E-state index contributed by atoms with van der Waals surface area (Å²) in [7, 11) is 1.53. The first-order chi connectivity index (χ1) is 14.4. The first kappa shape index (κ1) is 23.4. The Kier molecular flexibility index (Phi) is 8.86. The summed E-state index contributed by atoms with van der Waals surface area (Å²) in [5, 5.41) is 5.73. The number of amides is 3. The Hall–Kier alpha value is -2.87. The van der Waals surface area contributed by atoms with Crippen LogP contribution >= 0.6 is 0 Å². The first-order valence-corrected chi connectivity index (χ1v) is 10.3. The summed E-state index contributed by atoms with van der Waals surface area (Å²) in [5.41, 5.74) is 2.24. The molecule has 1 aromatic rings. The quantitative estimate of drug-likeness (QED) is 0.449. The lowest BCUT2D eigenvalue weighted by Gasteiger charge is -2.35. The molecule has 0 fully saturated rings. The second-order valence-electron chi connectivity index (χ2n) is 7.04. The van der Waals surface area contributed by atoms with Gasteiger partial charge in [0, 0.05) is 31.5 Å². The zero-order chi connectivity index (χ0) is 22.1. The van der Waals surface area contributed by atoms with Crippen LogP contribution in [0.15, 0.2) is 35.5 Å². The van der Waals surface area contributed by atoms with Gasteiger partial charge in [-0.3, -0.25) is 9.69 Å². The highest BCUT2D eigenvalue weighted by Gasteiger charge is 2.36. The van der Waals surface area contributed by atoms with E-state index in [2.05, 4.69) is 10.6 Å². The lowest BCUT2D eigenvalue weighted by atomic mass is 9.94. The normalized spacial score (nSPS) is 16.3. The highest BCUT2D eigenvalue weighted by atomic mass is 16.6. The molecule has 0 saturated carbocycles. The van der Waals surface area contributed by atoms with Crippen LogP contribution in [0.5, 0.6) is 0 Å². The largest absolute Gasteiger partial charge is 0.460 e. The van der Waals surface area contributed by atoms with Crippen LogP contribution in [0.2, 0.25) is 0 Å². The van der Waals surface area contributed by atoms with E-state index < -0.39 is 12.0 Å². The number of ether oxygens (including phenoxy) is 2. The summed E-state index contributed by atoms with van der Waals surface area (Å²) in [5.74, 6) is -0.615. The van der Waals surface area contributed by atoms with Crippen LogP contribution in [0, 0.1) is 0 Å². The molecule has 0 spiro atoms. The van der Waals surface area contributed by atoms with E-state index in [1.807, 2.05) is 13.0 Å². The highest BCUT2D eigenvalue weighted by Crippen LogP contribution is 2.32. The molecule has 1 aliphatic heterocycles. The average molecular weight is 418 g/mol. The van der Waals surface area contributed by atoms with Gasteiger partial charge in [-0.2, -0.15) is 0 Å². The standard InChI is InChI=1S/C22H31N3O5/c1-5-7-11-25-15(3)19(21(27)30-13-12-29-4)20(24-22(25)28)16-9-8-10-17(14-16)23-18(26)6-2/h8-10,14,20H,5-7,11-13H2,1-4H3,(H,23,26)(H,24,28)/t20-/m1/s1. The number of nitrogens with one attached hydrogen (secondary N) is 2. The van der Waals surface area contributed by atoms with Crippen LogP contribution in [-0.4, -0.2) is 49.7 Å². The predicted octanol–water partition coefficient (Wildman–Crippen LogP) is 3.37. The molecule has 0 unspecified atom stereocenters. The predicted molar refractivity (Wildman–Crippen MR) is 114 cm³/mol. The number of esters is 1. The number of rotatable bonds is 10. The van der Waals surface area contributed by atoms with Crippen LogP contribution in [0.25, 0.3) is 0 Å². The minimum Gasteiger partial charge on any atom is -0.460 e. The summed E-state index contributed by atoms with van der Waals surface area (Å²) in [6.07, 6.45) is 2.10. The summed E-state index contributed by atoms with van der Waals surface area (Å²) in [6.45, 7) is 6.49. The molecular weight excluding hydrogens is 386 g/mol. The Morgan fingerprint density at radius 2 is 2.00 bits per heavy atom. The van der Waals surface area contributed by atoms with Gasteiger partial charge in [0.25, 0.3) is 0 Å². The summed E-state index contributed by atoms with van der Waals surface area (Å²) in [6, 6.07) is 6.17. The zero-order valence-electron chi connectivity index (χ0n) is 18.1. The molecule has 3 amide bonds. The lowest BCUT2D eigenvalue weighted by molar-refractivity contribution is -0.141. The molecule has 0 aliphatic carbocycles. The van der Waals surface area contributed by atoms with Gasteiger partial charge in [0.2, 0.25) is 5.91 Å². The van der Waals surface area contributed by atoms with Crippen molar-refractivity contribution in [3.05, 3.63) is 41.1 Å². The van der Waals surface area contributed by atoms with Crippen molar-refractivity contribution in [1.29, 1.82) is 0 Å². The third-order valence-corrected chi connectivity index (χ3v) is 4.90. The number of urea groups is 1. The number of carbonyl (C=O) groups is 3. The average Bonchev–Trinajstić information content (AvgIpc) is 2.73. The topological polar surface area (TPSA) is 97.0 Å². The van der Waals surface area contributed by atoms with E-state index in [-0.39, 0.29) is 25.2 Å². The van der Waals surface area contributed by atoms with Crippen LogP contribution in [0.4, 0.5) is 10.5 Å².